The van der Waals surface area contributed by atoms with Crippen LogP contribution in [0.1, 0.15) is 26.7 Å². The molecule has 1 rings (SSSR count). The zero-order chi connectivity index (χ0) is 9.72. The second-order valence-corrected chi connectivity index (χ2v) is 3.64. The van der Waals surface area contributed by atoms with Gasteiger partial charge in [-0.2, -0.15) is 12.1 Å². The average Bonchev–Trinajstić information content (AvgIpc) is 2.05. The molecule has 1 aliphatic carbocycles. The predicted octanol–water partition coefficient (Wildman–Crippen LogP) is 4.03. The van der Waals surface area contributed by atoms with Gasteiger partial charge in [0.15, 0.2) is 0 Å². The quantitative estimate of drug-likeness (QED) is 0.565. The van der Waals surface area contributed by atoms with E-state index in [2.05, 4.69) is 23.3 Å². The van der Waals surface area contributed by atoms with Crippen LogP contribution in [0.4, 0.5) is 0 Å². The Morgan fingerprint density at radius 3 is 1.46 bits per heavy atom. The van der Waals surface area contributed by atoms with Gasteiger partial charge in [0.25, 0.3) is 0 Å². The van der Waals surface area contributed by atoms with E-state index in [9.17, 15) is 0 Å². The third-order valence-electron chi connectivity index (χ3n) is 2.71. The second-order valence-electron chi connectivity index (χ2n) is 3.64. The predicted molar refractivity (Wildman–Crippen MR) is 56.0 cm³/mol. The summed E-state index contributed by atoms with van der Waals surface area (Å²) in [4.78, 5) is 0. The molecule has 0 radical (unpaired) electrons. The van der Waals surface area contributed by atoms with E-state index in [1.807, 2.05) is 0 Å². The summed E-state index contributed by atoms with van der Waals surface area (Å²) < 4.78 is 0. The fourth-order valence-electron chi connectivity index (χ4n) is 1.59. The van der Waals surface area contributed by atoms with E-state index in [1.165, 1.54) is 0 Å². The summed E-state index contributed by atoms with van der Waals surface area (Å²) in [5.74, 6) is 1.31. The first-order chi connectivity index (χ1) is 5.61. The molecular weight excluding hydrogens is 367 g/mol. The molecule has 85 valence electrons. The van der Waals surface area contributed by atoms with Gasteiger partial charge >= 0.3 is 28.2 Å². The first-order valence-corrected chi connectivity index (χ1v) is 6.97. The Hall–Kier alpha value is 0.898. The molecular formula is C9H19ClN2Pt-3. The summed E-state index contributed by atoms with van der Waals surface area (Å²) in [6, 6.07) is -0.239. The van der Waals surface area contributed by atoms with E-state index in [1.54, 1.807) is 18.8 Å². The Morgan fingerprint density at radius 1 is 1.00 bits per heavy atom. The summed E-state index contributed by atoms with van der Waals surface area (Å²) in [5.41, 5.74) is 15.0. The van der Waals surface area contributed by atoms with Crippen molar-refractivity contribution >= 4 is 9.42 Å². The standard InChI is InChI=1S/C8H16N2.CH3.ClH.Pt/c1-5-3-7(9)8(10)4-6(5)2;;;/h5-10H,3-4H2,1-2H3;1H3;1H;/q-2;-1;;+1/p-1. The molecule has 0 saturated heterocycles. The van der Waals surface area contributed by atoms with Crippen molar-refractivity contribution in [1.82, 2.24) is 0 Å². The molecule has 1 fully saturated rings. The molecule has 0 heterocycles. The fraction of sp³-hybridized carbons (Fsp3) is 0.889. The van der Waals surface area contributed by atoms with Crippen LogP contribution in [0.2, 0.25) is 0 Å². The topological polar surface area (TPSA) is 47.6 Å². The van der Waals surface area contributed by atoms with E-state index in [4.69, 9.17) is 11.5 Å². The monoisotopic (exact) mass is 385 g/mol. The molecule has 0 spiro atoms. The van der Waals surface area contributed by atoms with Gasteiger partial charge in [0.2, 0.25) is 0 Å². The third-order valence-corrected chi connectivity index (χ3v) is 2.71. The van der Waals surface area contributed by atoms with E-state index in [0.29, 0.717) is 11.8 Å². The van der Waals surface area contributed by atoms with Crippen LogP contribution in [0.15, 0.2) is 0 Å². The molecule has 0 aliphatic heterocycles. The number of rotatable bonds is 0. The molecule has 4 heteroatoms. The Balaban J connectivity index is 0. The molecule has 4 unspecified atom stereocenters. The third kappa shape index (κ3) is 5.36. The SMILES string of the molecule is CC1CC([NH-])C([NH-])CC1C.[CH3-].[Cl][Pt]. The first-order valence-electron chi connectivity index (χ1n) is 4.15. The van der Waals surface area contributed by atoms with Gasteiger partial charge in [-0.05, 0) is 11.8 Å². The van der Waals surface area contributed by atoms with Crippen LogP contribution in [0.3, 0.4) is 0 Å². The van der Waals surface area contributed by atoms with E-state index in [0.717, 1.165) is 12.8 Å². The van der Waals surface area contributed by atoms with Crippen molar-refractivity contribution in [3.05, 3.63) is 18.9 Å². The summed E-state index contributed by atoms with van der Waals surface area (Å²) in [6.45, 7) is 4.39. The van der Waals surface area contributed by atoms with Gasteiger partial charge in [-0.3, -0.25) is 0 Å². The molecule has 0 aromatic carbocycles. The molecule has 4 atom stereocenters. The van der Waals surface area contributed by atoms with Crippen LogP contribution < -0.4 is 0 Å². The van der Waals surface area contributed by atoms with Crippen molar-refractivity contribution in [1.29, 1.82) is 0 Å². The van der Waals surface area contributed by atoms with Crippen molar-refractivity contribution in [2.75, 3.05) is 0 Å². The number of hydrogen-bond acceptors (Lipinski definition) is 0. The Morgan fingerprint density at radius 2 is 1.23 bits per heavy atom. The molecule has 1 aliphatic rings. The minimum absolute atomic E-state index is 0. The molecule has 2 nitrogen and oxygen atoms in total. The molecule has 13 heavy (non-hydrogen) atoms. The van der Waals surface area contributed by atoms with Gasteiger partial charge in [0, 0.05) is 0 Å². The molecule has 1 saturated carbocycles. The average molecular weight is 386 g/mol. The van der Waals surface area contributed by atoms with Gasteiger partial charge in [-0.1, -0.05) is 26.7 Å². The molecule has 0 aromatic heterocycles. The van der Waals surface area contributed by atoms with Gasteiger partial charge < -0.3 is 18.9 Å². The number of hydrogen-bond donors (Lipinski definition) is 0. The number of halogens is 1. The van der Waals surface area contributed by atoms with E-state index < -0.39 is 0 Å². The van der Waals surface area contributed by atoms with E-state index in [-0.39, 0.29) is 19.5 Å². The van der Waals surface area contributed by atoms with Gasteiger partial charge in [0.1, 0.15) is 0 Å². The molecule has 2 N–H and O–H groups in total. The van der Waals surface area contributed by atoms with Crippen LogP contribution in [0.5, 0.6) is 0 Å². The van der Waals surface area contributed by atoms with Gasteiger partial charge in [0.05, 0.1) is 0 Å². The molecule has 0 amide bonds. The van der Waals surface area contributed by atoms with Crippen LogP contribution >= 0.6 is 9.42 Å². The van der Waals surface area contributed by atoms with Crippen molar-refractivity contribution in [2.45, 2.75) is 38.8 Å². The van der Waals surface area contributed by atoms with E-state index >= 15 is 0 Å². The van der Waals surface area contributed by atoms with Crippen LogP contribution in [-0.2, 0) is 18.8 Å². The summed E-state index contributed by atoms with van der Waals surface area (Å²) in [7, 11) is 4.61. The summed E-state index contributed by atoms with van der Waals surface area (Å²) >= 11 is 1.61. The Bertz CT molecular complexity index is 98.2. The molecule has 0 aromatic rings. The Labute approximate surface area is 97.6 Å². The number of nitrogens with one attached hydrogen (secondary N) is 2. The maximum absolute atomic E-state index is 7.51. The Kier molecular flexibility index (Phi) is 10.3. The van der Waals surface area contributed by atoms with Gasteiger partial charge in [-0.25, -0.2) is 0 Å². The normalized spacial score (nSPS) is 38.4. The van der Waals surface area contributed by atoms with Gasteiger partial charge in [-0.15, -0.1) is 0 Å². The van der Waals surface area contributed by atoms with Crippen molar-refractivity contribution in [3.8, 4) is 0 Å². The van der Waals surface area contributed by atoms with Crippen LogP contribution in [0, 0.1) is 19.3 Å². The summed E-state index contributed by atoms with van der Waals surface area (Å²) in [5, 5.41) is 0. The second kappa shape index (κ2) is 8.23. The minimum atomic E-state index is -0.119. The van der Waals surface area contributed by atoms with Crippen molar-refractivity contribution in [2.24, 2.45) is 11.8 Å². The first kappa shape index (κ1) is 16.3. The maximum atomic E-state index is 7.51. The van der Waals surface area contributed by atoms with Crippen LogP contribution in [0.25, 0.3) is 11.5 Å². The fourth-order valence-corrected chi connectivity index (χ4v) is 1.59. The molecule has 0 bridgehead atoms. The zero-order valence-electron chi connectivity index (χ0n) is 8.42. The van der Waals surface area contributed by atoms with Crippen LogP contribution in [-0.4, -0.2) is 12.1 Å². The summed E-state index contributed by atoms with van der Waals surface area (Å²) in [6.07, 6.45) is 1.85. The van der Waals surface area contributed by atoms with Crippen molar-refractivity contribution < 1.29 is 18.8 Å². The van der Waals surface area contributed by atoms with Crippen molar-refractivity contribution in [3.63, 3.8) is 0 Å². The zero-order valence-corrected chi connectivity index (χ0v) is 11.4.